The molecule has 0 amide bonds. The Morgan fingerprint density at radius 1 is 1.12 bits per heavy atom. The summed E-state index contributed by atoms with van der Waals surface area (Å²) in [6, 6.07) is 4.93. The Balaban J connectivity index is 2.99. The molecule has 0 fully saturated rings. The molecule has 0 aliphatic heterocycles. The minimum absolute atomic E-state index is 0.00624. The van der Waals surface area contributed by atoms with Gasteiger partial charge in [-0.3, -0.25) is 4.79 Å². The predicted octanol–water partition coefficient (Wildman–Crippen LogP) is 5.27. The van der Waals surface area contributed by atoms with Crippen molar-refractivity contribution in [1.82, 2.24) is 0 Å². The Labute approximate surface area is 143 Å². The molecule has 0 saturated heterocycles. The van der Waals surface area contributed by atoms with E-state index in [0.29, 0.717) is 0 Å². The van der Waals surface area contributed by atoms with Gasteiger partial charge >= 0.3 is 5.97 Å². The second-order valence-electron chi connectivity index (χ2n) is 7.86. The van der Waals surface area contributed by atoms with Gasteiger partial charge in [-0.1, -0.05) is 6.92 Å². The van der Waals surface area contributed by atoms with Gasteiger partial charge in [-0.25, -0.2) is 8.78 Å². The molecular weight excluding hydrogens is 314 g/mol. The number of alkyl halides is 2. The second-order valence-corrected chi connectivity index (χ2v) is 7.86. The molecule has 0 spiro atoms. The number of hydrogen-bond donors (Lipinski definition) is 1. The molecule has 0 saturated carbocycles. The fourth-order valence-electron chi connectivity index (χ4n) is 2.56. The van der Waals surface area contributed by atoms with Crippen LogP contribution in [-0.2, 0) is 15.5 Å². The zero-order chi connectivity index (χ0) is 18.8. The number of rotatable bonds is 6. The maximum Gasteiger partial charge on any atom is 0.312 e. The molecule has 0 radical (unpaired) electrons. The summed E-state index contributed by atoms with van der Waals surface area (Å²) in [5.41, 5.74) is -1.84. The van der Waals surface area contributed by atoms with Gasteiger partial charge in [0.25, 0.3) is 5.92 Å². The van der Waals surface area contributed by atoms with Crippen molar-refractivity contribution in [3.05, 3.63) is 29.8 Å². The first kappa shape index (κ1) is 20.4. The number of esters is 1. The van der Waals surface area contributed by atoms with Crippen LogP contribution in [-0.4, -0.2) is 16.7 Å². The van der Waals surface area contributed by atoms with E-state index >= 15 is 0 Å². The van der Waals surface area contributed by atoms with E-state index < -0.39 is 28.8 Å². The smallest absolute Gasteiger partial charge is 0.312 e. The van der Waals surface area contributed by atoms with Gasteiger partial charge in [0.05, 0.1) is 5.41 Å². The molecule has 0 bridgehead atoms. The maximum absolute atomic E-state index is 14.9. The van der Waals surface area contributed by atoms with Gasteiger partial charge in [0.1, 0.15) is 11.4 Å². The van der Waals surface area contributed by atoms with Crippen LogP contribution in [0, 0.1) is 11.3 Å². The third-order valence-electron chi connectivity index (χ3n) is 3.97. The Morgan fingerprint density at radius 3 is 2.04 bits per heavy atom. The van der Waals surface area contributed by atoms with Crippen molar-refractivity contribution in [2.24, 2.45) is 11.3 Å². The molecule has 1 unspecified atom stereocenters. The highest BCUT2D eigenvalue weighted by Crippen LogP contribution is 2.44. The third-order valence-corrected chi connectivity index (χ3v) is 3.97. The second kappa shape index (κ2) is 7.08. The first-order valence-corrected chi connectivity index (χ1v) is 8.20. The van der Waals surface area contributed by atoms with Crippen LogP contribution >= 0.6 is 0 Å². The highest BCUT2D eigenvalue weighted by atomic mass is 19.3. The monoisotopic (exact) mass is 342 g/mol. The number of phenolic OH excluding ortho intramolecular Hbond substituents is 1. The van der Waals surface area contributed by atoms with Crippen LogP contribution in [0.4, 0.5) is 8.78 Å². The molecule has 1 atom stereocenters. The summed E-state index contributed by atoms with van der Waals surface area (Å²) in [5.74, 6) is -4.64. The lowest BCUT2D eigenvalue weighted by Gasteiger charge is -2.34. The van der Waals surface area contributed by atoms with Crippen molar-refractivity contribution in [2.45, 2.75) is 65.9 Å². The number of halogens is 2. The number of aromatic hydroxyl groups is 1. The lowest BCUT2D eigenvalue weighted by molar-refractivity contribution is -0.169. The van der Waals surface area contributed by atoms with Crippen molar-refractivity contribution in [1.29, 1.82) is 0 Å². The molecule has 3 nitrogen and oxygen atoms in total. The maximum atomic E-state index is 14.9. The summed E-state index contributed by atoms with van der Waals surface area (Å²) in [6.45, 7) is 10.2. The van der Waals surface area contributed by atoms with Gasteiger partial charge in [0, 0.05) is 11.5 Å². The molecule has 24 heavy (non-hydrogen) atoms. The largest absolute Gasteiger partial charge is 0.508 e. The number of carbonyl (C=O) groups is 1. The SMILES string of the molecule is CCC(CC(C)(C)C(=O)OC(C)(C)C)C(F)(F)c1ccc(O)cc1. The highest BCUT2D eigenvalue weighted by Gasteiger charge is 2.45. The number of benzene rings is 1. The van der Waals surface area contributed by atoms with Gasteiger partial charge in [-0.05, 0) is 71.7 Å². The van der Waals surface area contributed by atoms with Gasteiger partial charge in [0.2, 0.25) is 0 Å². The average molecular weight is 342 g/mol. The minimum atomic E-state index is -3.10. The van der Waals surface area contributed by atoms with E-state index in [-0.39, 0.29) is 24.2 Å². The van der Waals surface area contributed by atoms with Crippen LogP contribution in [0.3, 0.4) is 0 Å². The molecule has 0 heterocycles. The normalized spacial score (nSPS) is 14.3. The van der Waals surface area contributed by atoms with Crippen LogP contribution in [0.2, 0.25) is 0 Å². The van der Waals surface area contributed by atoms with E-state index in [2.05, 4.69) is 0 Å². The summed E-state index contributed by atoms with van der Waals surface area (Å²) in [6.07, 6.45) is 0.229. The first-order valence-electron chi connectivity index (χ1n) is 8.20. The quantitative estimate of drug-likeness (QED) is 0.717. The molecule has 5 heteroatoms. The summed E-state index contributed by atoms with van der Waals surface area (Å²) in [5, 5.41) is 9.28. The summed E-state index contributed by atoms with van der Waals surface area (Å²) in [4.78, 5) is 12.3. The van der Waals surface area contributed by atoms with Crippen LogP contribution in [0.1, 0.15) is 59.9 Å². The van der Waals surface area contributed by atoms with Crippen LogP contribution in [0.5, 0.6) is 5.75 Å². The lowest BCUT2D eigenvalue weighted by atomic mass is 9.77. The first-order chi connectivity index (χ1) is 10.8. The van der Waals surface area contributed by atoms with Crippen molar-refractivity contribution in [3.63, 3.8) is 0 Å². The van der Waals surface area contributed by atoms with Gasteiger partial charge in [0.15, 0.2) is 0 Å². The molecule has 0 aromatic heterocycles. The number of carbonyl (C=O) groups excluding carboxylic acids is 1. The summed E-state index contributed by atoms with van der Waals surface area (Å²) < 4.78 is 35.1. The Hall–Kier alpha value is -1.65. The molecule has 1 N–H and O–H groups in total. The van der Waals surface area contributed by atoms with Crippen molar-refractivity contribution in [2.75, 3.05) is 0 Å². The number of ether oxygens (including phenoxy) is 1. The summed E-state index contributed by atoms with van der Waals surface area (Å²) in [7, 11) is 0. The molecule has 136 valence electrons. The fraction of sp³-hybridized carbons (Fsp3) is 0.632. The Kier molecular flexibility index (Phi) is 6.01. The van der Waals surface area contributed by atoms with E-state index in [1.54, 1.807) is 41.5 Å². The molecule has 0 aliphatic rings. The fourth-order valence-corrected chi connectivity index (χ4v) is 2.56. The predicted molar refractivity (Wildman–Crippen MR) is 90.0 cm³/mol. The summed E-state index contributed by atoms with van der Waals surface area (Å²) >= 11 is 0. The zero-order valence-corrected chi connectivity index (χ0v) is 15.3. The minimum Gasteiger partial charge on any atom is -0.508 e. The standard InChI is InChI=1S/C19H28F2O3/c1-7-13(12-18(5,6)16(23)24-17(2,3)4)19(20,21)14-8-10-15(22)11-9-14/h8-11,13,22H,7,12H2,1-6H3. The van der Waals surface area contributed by atoms with E-state index in [1.165, 1.54) is 24.3 Å². The topological polar surface area (TPSA) is 46.5 Å². The molecular formula is C19H28F2O3. The van der Waals surface area contributed by atoms with E-state index in [9.17, 15) is 18.7 Å². The molecule has 1 aromatic carbocycles. The third kappa shape index (κ3) is 5.18. The van der Waals surface area contributed by atoms with E-state index in [0.717, 1.165) is 0 Å². The van der Waals surface area contributed by atoms with Crippen LogP contribution < -0.4 is 0 Å². The Morgan fingerprint density at radius 2 is 1.62 bits per heavy atom. The number of phenols is 1. The van der Waals surface area contributed by atoms with Crippen molar-refractivity contribution < 1.29 is 23.4 Å². The van der Waals surface area contributed by atoms with Gasteiger partial charge in [-0.15, -0.1) is 0 Å². The Bertz CT molecular complexity index is 557. The van der Waals surface area contributed by atoms with Crippen molar-refractivity contribution in [3.8, 4) is 5.75 Å². The lowest BCUT2D eigenvalue weighted by Crippen LogP contribution is -2.38. The molecule has 1 rings (SSSR count). The van der Waals surface area contributed by atoms with Crippen LogP contribution in [0.15, 0.2) is 24.3 Å². The highest BCUT2D eigenvalue weighted by molar-refractivity contribution is 5.76. The van der Waals surface area contributed by atoms with E-state index in [1.807, 2.05) is 0 Å². The van der Waals surface area contributed by atoms with Gasteiger partial charge in [-0.2, -0.15) is 0 Å². The van der Waals surface area contributed by atoms with E-state index in [4.69, 9.17) is 4.74 Å². The number of hydrogen-bond acceptors (Lipinski definition) is 3. The average Bonchev–Trinajstić information content (AvgIpc) is 2.43. The van der Waals surface area contributed by atoms with Gasteiger partial charge < -0.3 is 9.84 Å². The zero-order valence-electron chi connectivity index (χ0n) is 15.3. The molecule has 0 aliphatic carbocycles. The van der Waals surface area contributed by atoms with Crippen LogP contribution in [0.25, 0.3) is 0 Å². The molecule has 1 aromatic rings. The van der Waals surface area contributed by atoms with Crippen molar-refractivity contribution >= 4 is 5.97 Å².